The van der Waals surface area contributed by atoms with Crippen LogP contribution in [0.2, 0.25) is 0 Å². The molecule has 0 aliphatic heterocycles. The molecule has 0 spiro atoms. The van der Waals surface area contributed by atoms with Gasteiger partial charge in [0, 0.05) is 10.4 Å². The summed E-state index contributed by atoms with van der Waals surface area (Å²) < 4.78 is 10.6. The van der Waals surface area contributed by atoms with Crippen LogP contribution in [0.1, 0.15) is 15.2 Å². The molecular weight excluding hydrogens is 386 g/mol. The number of methoxy groups -OCH3 is 1. The van der Waals surface area contributed by atoms with Gasteiger partial charge in [-0.25, -0.2) is 5.43 Å². The fourth-order valence-electron chi connectivity index (χ4n) is 2.53. The molecule has 0 radical (unpaired) electrons. The van der Waals surface area contributed by atoms with Crippen molar-refractivity contribution in [1.82, 2.24) is 5.43 Å². The molecular formula is C22H19N3O3S. The summed E-state index contributed by atoms with van der Waals surface area (Å²) in [7, 11) is 1.61. The SMILES string of the molecule is C#CCOc1ccccc1/C=N\NC(=O)c1sc(-c2ccc(OC)cc2)cc1N. The number of para-hydroxylation sites is 1. The molecule has 0 fully saturated rings. The van der Waals surface area contributed by atoms with Gasteiger partial charge in [0.05, 0.1) is 19.0 Å². The number of nitrogens with zero attached hydrogens (tertiary/aromatic N) is 1. The van der Waals surface area contributed by atoms with Gasteiger partial charge in [0.15, 0.2) is 0 Å². The zero-order valence-electron chi connectivity index (χ0n) is 15.7. The highest BCUT2D eigenvalue weighted by atomic mass is 32.1. The fraction of sp³-hybridized carbons (Fsp3) is 0.0909. The molecule has 29 heavy (non-hydrogen) atoms. The minimum Gasteiger partial charge on any atom is -0.497 e. The van der Waals surface area contributed by atoms with Gasteiger partial charge in [0.1, 0.15) is 23.0 Å². The summed E-state index contributed by atoms with van der Waals surface area (Å²) >= 11 is 1.30. The number of hydrogen-bond acceptors (Lipinski definition) is 6. The maximum atomic E-state index is 12.5. The smallest absolute Gasteiger partial charge is 0.283 e. The second-order valence-electron chi connectivity index (χ2n) is 5.85. The second kappa shape index (κ2) is 9.44. The van der Waals surface area contributed by atoms with Gasteiger partial charge >= 0.3 is 0 Å². The van der Waals surface area contributed by atoms with E-state index in [-0.39, 0.29) is 12.5 Å². The third-order valence-electron chi connectivity index (χ3n) is 3.94. The number of ether oxygens (including phenoxy) is 2. The van der Waals surface area contributed by atoms with Crippen LogP contribution in [0.4, 0.5) is 5.69 Å². The number of nitrogens with one attached hydrogen (secondary N) is 1. The van der Waals surface area contributed by atoms with E-state index in [4.69, 9.17) is 21.6 Å². The van der Waals surface area contributed by atoms with Gasteiger partial charge in [0.2, 0.25) is 0 Å². The quantitative estimate of drug-likeness (QED) is 0.356. The molecule has 0 saturated heterocycles. The Balaban J connectivity index is 1.71. The third kappa shape index (κ3) is 4.94. The normalized spacial score (nSPS) is 10.5. The number of amides is 1. The molecule has 0 aliphatic carbocycles. The van der Waals surface area contributed by atoms with Crippen LogP contribution in [-0.4, -0.2) is 25.8 Å². The van der Waals surface area contributed by atoms with Crippen LogP contribution in [0.3, 0.4) is 0 Å². The van der Waals surface area contributed by atoms with E-state index in [2.05, 4.69) is 16.4 Å². The first-order valence-electron chi connectivity index (χ1n) is 8.64. The zero-order valence-corrected chi connectivity index (χ0v) is 16.5. The van der Waals surface area contributed by atoms with Crippen molar-refractivity contribution in [1.29, 1.82) is 0 Å². The van der Waals surface area contributed by atoms with E-state index in [1.807, 2.05) is 42.5 Å². The van der Waals surface area contributed by atoms with E-state index in [0.717, 1.165) is 16.2 Å². The summed E-state index contributed by atoms with van der Waals surface area (Å²) in [5.74, 6) is 3.37. The Hall–Kier alpha value is -3.76. The third-order valence-corrected chi connectivity index (χ3v) is 5.14. The van der Waals surface area contributed by atoms with Crippen molar-refractivity contribution in [2.24, 2.45) is 5.10 Å². The Morgan fingerprint density at radius 2 is 2.03 bits per heavy atom. The highest BCUT2D eigenvalue weighted by Gasteiger charge is 2.15. The lowest BCUT2D eigenvalue weighted by molar-refractivity contribution is 0.0960. The van der Waals surface area contributed by atoms with Gasteiger partial charge in [-0.05, 0) is 48.0 Å². The van der Waals surface area contributed by atoms with Crippen LogP contribution in [0.15, 0.2) is 59.7 Å². The lowest BCUT2D eigenvalue weighted by atomic mass is 10.2. The molecule has 3 N–H and O–H groups in total. The molecule has 7 heteroatoms. The fourth-order valence-corrected chi connectivity index (χ4v) is 3.50. The summed E-state index contributed by atoms with van der Waals surface area (Å²) in [6, 6.07) is 16.6. The lowest BCUT2D eigenvalue weighted by Crippen LogP contribution is -2.17. The van der Waals surface area contributed by atoms with Crippen LogP contribution < -0.4 is 20.6 Å². The van der Waals surface area contributed by atoms with Gasteiger partial charge in [0.25, 0.3) is 5.91 Å². The molecule has 0 aliphatic rings. The van der Waals surface area contributed by atoms with Crippen LogP contribution in [0.25, 0.3) is 10.4 Å². The Morgan fingerprint density at radius 3 is 2.76 bits per heavy atom. The van der Waals surface area contributed by atoms with Crippen molar-refractivity contribution >= 4 is 29.1 Å². The van der Waals surface area contributed by atoms with Crippen molar-refractivity contribution < 1.29 is 14.3 Å². The van der Waals surface area contributed by atoms with Crippen molar-refractivity contribution in [3.8, 4) is 34.3 Å². The van der Waals surface area contributed by atoms with Gasteiger partial charge in [-0.15, -0.1) is 17.8 Å². The monoisotopic (exact) mass is 405 g/mol. The molecule has 1 aromatic heterocycles. The number of terminal acetylenes is 1. The number of hydrogen-bond donors (Lipinski definition) is 2. The van der Waals surface area contributed by atoms with Crippen molar-refractivity contribution in [3.63, 3.8) is 0 Å². The molecule has 6 nitrogen and oxygen atoms in total. The van der Waals surface area contributed by atoms with E-state index >= 15 is 0 Å². The Bertz CT molecular complexity index is 1070. The number of benzene rings is 2. The summed E-state index contributed by atoms with van der Waals surface area (Å²) in [5.41, 5.74) is 10.6. The number of carbonyl (C=O) groups is 1. The number of thiophene rings is 1. The van der Waals surface area contributed by atoms with Crippen molar-refractivity contribution in [3.05, 3.63) is 65.0 Å². The number of nitrogens with two attached hydrogens (primary N) is 1. The van der Waals surface area contributed by atoms with Gasteiger partial charge < -0.3 is 15.2 Å². The molecule has 3 aromatic rings. The maximum absolute atomic E-state index is 12.5. The van der Waals surface area contributed by atoms with Gasteiger partial charge in [-0.3, -0.25) is 4.79 Å². The number of rotatable bonds is 7. The second-order valence-corrected chi connectivity index (χ2v) is 6.91. The Morgan fingerprint density at radius 1 is 1.28 bits per heavy atom. The van der Waals surface area contributed by atoms with Gasteiger partial charge in [-0.2, -0.15) is 5.10 Å². The van der Waals surface area contributed by atoms with Crippen molar-refractivity contribution in [2.75, 3.05) is 19.5 Å². The maximum Gasteiger partial charge on any atom is 0.283 e. The van der Waals surface area contributed by atoms with Crippen LogP contribution in [0.5, 0.6) is 11.5 Å². The first kappa shape index (κ1) is 20.0. The van der Waals surface area contributed by atoms with Crippen molar-refractivity contribution in [2.45, 2.75) is 0 Å². The first-order valence-corrected chi connectivity index (χ1v) is 9.46. The molecule has 0 unspecified atom stereocenters. The van der Waals surface area contributed by atoms with Crippen LogP contribution >= 0.6 is 11.3 Å². The molecule has 2 aromatic carbocycles. The zero-order chi connectivity index (χ0) is 20.6. The topological polar surface area (TPSA) is 85.9 Å². The lowest BCUT2D eigenvalue weighted by Gasteiger charge is -2.05. The van der Waals surface area contributed by atoms with Crippen LogP contribution in [-0.2, 0) is 0 Å². The average molecular weight is 405 g/mol. The first-order chi connectivity index (χ1) is 14.1. The molecule has 1 heterocycles. The predicted molar refractivity (Wildman–Crippen MR) is 117 cm³/mol. The minimum absolute atomic E-state index is 0.150. The molecule has 3 rings (SSSR count). The van der Waals surface area contributed by atoms with E-state index in [0.29, 0.717) is 21.9 Å². The Kier molecular flexibility index (Phi) is 6.51. The molecule has 146 valence electrons. The number of carbonyl (C=O) groups excluding carboxylic acids is 1. The highest BCUT2D eigenvalue weighted by Crippen LogP contribution is 2.34. The highest BCUT2D eigenvalue weighted by molar-refractivity contribution is 7.18. The average Bonchev–Trinajstić information content (AvgIpc) is 3.14. The number of anilines is 1. The van der Waals surface area contributed by atoms with Gasteiger partial charge in [-0.1, -0.05) is 18.1 Å². The van der Waals surface area contributed by atoms with E-state index in [9.17, 15) is 4.79 Å². The van der Waals surface area contributed by atoms with E-state index in [1.54, 1.807) is 19.2 Å². The molecule has 0 bridgehead atoms. The molecule has 0 atom stereocenters. The standard InChI is InChI=1S/C22H19N3O3S/c1-3-12-28-19-7-5-4-6-16(19)14-24-25-22(26)21-18(23)13-20(29-21)15-8-10-17(27-2)11-9-15/h1,4-11,13-14H,12,23H2,2H3,(H,25,26)/b24-14-. The summed E-state index contributed by atoms with van der Waals surface area (Å²) in [5, 5.41) is 4.01. The Labute approximate surface area is 173 Å². The van der Waals surface area contributed by atoms with E-state index < -0.39 is 0 Å². The summed E-state index contributed by atoms with van der Waals surface area (Å²) in [4.78, 5) is 13.8. The molecule has 1 amide bonds. The number of hydrazone groups is 1. The largest absolute Gasteiger partial charge is 0.497 e. The summed E-state index contributed by atoms with van der Waals surface area (Å²) in [6.45, 7) is 0.150. The summed E-state index contributed by atoms with van der Waals surface area (Å²) in [6.07, 6.45) is 6.72. The van der Waals surface area contributed by atoms with E-state index in [1.165, 1.54) is 17.6 Å². The number of nitrogen functional groups attached to an aromatic ring is 1. The minimum atomic E-state index is -0.384. The van der Waals surface area contributed by atoms with Crippen LogP contribution in [0, 0.1) is 12.3 Å². The predicted octanol–water partition coefficient (Wildman–Crippen LogP) is 3.78. The molecule has 0 saturated carbocycles.